The zero-order valence-electron chi connectivity index (χ0n) is 14.7. The second-order valence-electron chi connectivity index (χ2n) is 6.55. The smallest absolute Gasteiger partial charge is 0.406 e. The average molecular weight is 399 g/mol. The van der Waals surface area contributed by atoms with Crippen LogP contribution in [0.15, 0.2) is 53.4 Å². The van der Waals surface area contributed by atoms with E-state index in [2.05, 4.69) is 15.7 Å². The summed E-state index contributed by atoms with van der Waals surface area (Å²) in [7, 11) is -3.59. The molecule has 0 saturated heterocycles. The molecule has 0 spiro atoms. The third kappa shape index (κ3) is 4.74. The summed E-state index contributed by atoms with van der Waals surface area (Å²) in [6.45, 7) is 2.84. The molecule has 3 rings (SSSR count). The van der Waals surface area contributed by atoms with Gasteiger partial charge in [0.25, 0.3) is 0 Å². The number of alkyl halides is 3. The molecule has 0 radical (unpaired) electrons. The molecule has 0 aromatic heterocycles. The Kier molecular flexibility index (Phi) is 5.37. The lowest BCUT2D eigenvalue weighted by Gasteiger charge is -2.27. The maximum atomic E-state index is 12.5. The molecule has 1 aliphatic rings. The standard InChI is InChI=1S/C19H20F3NO3S/c1-14(23-12-10-15-4-2-3-5-18(15)23)11-13-27(24,25)17-8-6-16(7-9-17)26-19(20,21)22/h2-9,14H,10-13H2,1H3. The van der Waals surface area contributed by atoms with Crippen LogP contribution in [0, 0.1) is 0 Å². The molecular formula is C19H20F3NO3S. The Labute approximate surface area is 156 Å². The molecule has 4 nitrogen and oxygen atoms in total. The first-order valence-electron chi connectivity index (χ1n) is 8.59. The highest BCUT2D eigenvalue weighted by molar-refractivity contribution is 7.91. The Bertz CT molecular complexity index is 895. The predicted octanol–water partition coefficient (Wildman–Crippen LogP) is 4.20. The monoisotopic (exact) mass is 399 g/mol. The number of sulfone groups is 1. The lowest BCUT2D eigenvalue weighted by molar-refractivity contribution is -0.274. The molecule has 0 amide bonds. The highest BCUT2D eigenvalue weighted by Crippen LogP contribution is 2.30. The van der Waals surface area contributed by atoms with Crippen LogP contribution in [0.1, 0.15) is 18.9 Å². The number of hydrogen-bond acceptors (Lipinski definition) is 4. The fourth-order valence-electron chi connectivity index (χ4n) is 3.27. The molecule has 27 heavy (non-hydrogen) atoms. The number of benzene rings is 2. The fraction of sp³-hybridized carbons (Fsp3) is 0.368. The highest BCUT2D eigenvalue weighted by atomic mass is 32.2. The molecule has 1 aliphatic heterocycles. The topological polar surface area (TPSA) is 46.6 Å². The third-order valence-corrected chi connectivity index (χ3v) is 6.44. The quantitative estimate of drug-likeness (QED) is 0.730. The minimum atomic E-state index is -4.80. The van der Waals surface area contributed by atoms with Gasteiger partial charge in [-0.1, -0.05) is 18.2 Å². The van der Waals surface area contributed by atoms with Crippen molar-refractivity contribution in [3.8, 4) is 5.75 Å². The fourth-order valence-corrected chi connectivity index (χ4v) is 4.71. The van der Waals surface area contributed by atoms with Crippen LogP contribution in [-0.2, 0) is 16.3 Å². The largest absolute Gasteiger partial charge is 0.573 e. The molecule has 0 saturated carbocycles. The van der Waals surface area contributed by atoms with Crippen molar-refractivity contribution in [2.45, 2.75) is 37.1 Å². The Balaban J connectivity index is 1.63. The van der Waals surface area contributed by atoms with Crippen molar-refractivity contribution in [2.75, 3.05) is 17.2 Å². The lowest BCUT2D eigenvalue weighted by Crippen LogP contribution is -2.32. The summed E-state index contributed by atoms with van der Waals surface area (Å²) in [5.41, 5.74) is 2.39. The number of fused-ring (bicyclic) bond motifs is 1. The first-order chi connectivity index (χ1) is 12.7. The van der Waals surface area contributed by atoms with E-state index in [-0.39, 0.29) is 16.7 Å². The number of hydrogen-bond donors (Lipinski definition) is 0. The number of halogens is 3. The Morgan fingerprint density at radius 3 is 2.44 bits per heavy atom. The molecule has 0 bridgehead atoms. The van der Waals surface area contributed by atoms with Gasteiger partial charge in [0.1, 0.15) is 5.75 Å². The van der Waals surface area contributed by atoms with Crippen LogP contribution in [0.25, 0.3) is 0 Å². The van der Waals surface area contributed by atoms with Gasteiger partial charge in [-0.15, -0.1) is 13.2 Å². The first-order valence-corrected chi connectivity index (χ1v) is 10.2. The van der Waals surface area contributed by atoms with Crippen LogP contribution in [0.4, 0.5) is 18.9 Å². The van der Waals surface area contributed by atoms with Crippen molar-refractivity contribution in [3.63, 3.8) is 0 Å². The van der Waals surface area contributed by atoms with E-state index in [9.17, 15) is 21.6 Å². The molecule has 8 heteroatoms. The maximum absolute atomic E-state index is 12.5. The van der Waals surface area contributed by atoms with Crippen molar-refractivity contribution in [1.29, 1.82) is 0 Å². The van der Waals surface area contributed by atoms with Gasteiger partial charge < -0.3 is 9.64 Å². The van der Waals surface area contributed by atoms with Crippen LogP contribution in [0.3, 0.4) is 0 Å². The van der Waals surface area contributed by atoms with Gasteiger partial charge in [0.15, 0.2) is 9.84 Å². The summed E-state index contributed by atoms with van der Waals surface area (Å²) in [6.07, 6.45) is -3.44. The van der Waals surface area contributed by atoms with Crippen LogP contribution >= 0.6 is 0 Å². The van der Waals surface area contributed by atoms with E-state index in [0.29, 0.717) is 6.42 Å². The molecule has 2 aromatic rings. The second kappa shape index (κ2) is 7.42. The Morgan fingerprint density at radius 1 is 1.11 bits per heavy atom. The summed E-state index contributed by atoms with van der Waals surface area (Å²) < 4.78 is 65.4. The summed E-state index contributed by atoms with van der Waals surface area (Å²) in [5.74, 6) is -0.518. The van der Waals surface area contributed by atoms with E-state index >= 15 is 0 Å². The SMILES string of the molecule is CC(CCS(=O)(=O)c1ccc(OC(F)(F)F)cc1)N1CCc2ccccc21. The molecule has 1 unspecified atom stereocenters. The summed E-state index contributed by atoms with van der Waals surface area (Å²) in [6, 6.07) is 12.4. The summed E-state index contributed by atoms with van der Waals surface area (Å²) in [5, 5.41) is 0. The van der Waals surface area contributed by atoms with Gasteiger partial charge in [0.05, 0.1) is 10.6 Å². The number of ether oxygens (including phenoxy) is 1. The molecule has 1 heterocycles. The Morgan fingerprint density at radius 2 is 1.78 bits per heavy atom. The Hall–Kier alpha value is -2.22. The van der Waals surface area contributed by atoms with E-state index in [1.54, 1.807) is 0 Å². The van der Waals surface area contributed by atoms with Gasteiger partial charge in [0.2, 0.25) is 0 Å². The second-order valence-corrected chi connectivity index (χ2v) is 8.66. The number of nitrogens with zero attached hydrogens (tertiary/aromatic N) is 1. The van der Waals surface area contributed by atoms with Crippen LogP contribution < -0.4 is 9.64 Å². The normalized spacial score (nSPS) is 15.5. The van der Waals surface area contributed by atoms with Crippen molar-refractivity contribution >= 4 is 15.5 Å². The van der Waals surface area contributed by atoms with E-state index in [1.165, 1.54) is 5.56 Å². The summed E-state index contributed by atoms with van der Waals surface area (Å²) in [4.78, 5) is 2.19. The average Bonchev–Trinajstić information content (AvgIpc) is 3.03. The van der Waals surface area contributed by atoms with E-state index in [1.807, 2.05) is 25.1 Å². The van der Waals surface area contributed by atoms with Crippen LogP contribution in [0.5, 0.6) is 5.75 Å². The van der Waals surface area contributed by atoms with Crippen LogP contribution in [0.2, 0.25) is 0 Å². The summed E-state index contributed by atoms with van der Waals surface area (Å²) >= 11 is 0. The first kappa shape index (κ1) is 19.5. The number of rotatable bonds is 6. The highest BCUT2D eigenvalue weighted by Gasteiger charge is 2.31. The molecule has 0 fully saturated rings. The minimum Gasteiger partial charge on any atom is -0.406 e. The van der Waals surface area contributed by atoms with E-state index in [4.69, 9.17) is 0 Å². The zero-order chi connectivity index (χ0) is 19.7. The van der Waals surface area contributed by atoms with Gasteiger partial charge in [-0.2, -0.15) is 0 Å². The number of anilines is 1. The van der Waals surface area contributed by atoms with E-state index < -0.39 is 21.9 Å². The number of para-hydroxylation sites is 1. The molecular weight excluding hydrogens is 379 g/mol. The van der Waals surface area contributed by atoms with E-state index in [0.717, 1.165) is 42.9 Å². The molecule has 2 aromatic carbocycles. The van der Waals surface area contributed by atoms with Crippen molar-refractivity contribution in [3.05, 3.63) is 54.1 Å². The molecule has 0 N–H and O–H groups in total. The maximum Gasteiger partial charge on any atom is 0.573 e. The zero-order valence-corrected chi connectivity index (χ0v) is 15.6. The van der Waals surface area contributed by atoms with Crippen molar-refractivity contribution in [1.82, 2.24) is 0 Å². The van der Waals surface area contributed by atoms with Gasteiger partial charge in [-0.25, -0.2) is 8.42 Å². The molecule has 0 aliphatic carbocycles. The third-order valence-electron chi connectivity index (χ3n) is 4.68. The van der Waals surface area contributed by atoms with Crippen LogP contribution in [-0.4, -0.2) is 33.1 Å². The minimum absolute atomic E-state index is 0.00829. The lowest BCUT2D eigenvalue weighted by atomic mass is 10.1. The van der Waals surface area contributed by atoms with Crippen molar-refractivity contribution < 1.29 is 26.3 Å². The van der Waals surface area contributed by atoms with Crippen molar-refractivity contribution in [2.24, 2.45) is 0 Å². The molecule has 1 atom stereocenters. The molecule has 146 valence electrons. The van der Waals surface area contributed by atoms with Gasteiger partial charge >= 0.3 is 6.36 Å². The van der Waals surface area contributed by atoms with Gasteiger partial charge in [-0.3, -0.25) is 0 Å². The van der Waals surface area contributed by atoms with Gasteiger partial charge in [-0.05, 0) is 55.7 Å². The predicted molar refractivity (Wildman–Crippen MR) is 96.7 cm³/mol. The van der Waals surface area contributed by atoms with Gasteiger partial charge in [0, 0.05) is 18.3 Å².